The second-order valence-corrected chi connectivity index (χ2v) is 7.33. The molecule has 0 aliphatic heterocycles. The summed E-state index contributed by atoms with van der Waals surface area (Å²) in [7, 11) is 1.45. The van der Waals surface area contributed by atoms with Crippen LogP contribution in [0.25, 0.3) is 0 Å². The summed E-state index contributed by atoms with van der Waals surface area (Å²) in [4.78, 5) is 4.25. The van der Waals surface area contributed by atoms with E-state index in [1.54, 1.807) is 24.0 Å². The van der Waals surface area contributed by atoms with Crippen LogP contribution in [0.1, 0.15) is 11.6 Å². The van der Waals surface area contributed by atoms with Crippen molar-refractivity contribution < 1.29 is 12.8 Å². The molecular formula is C12H17BrN4O3S. The minimum Gasteiger partial charge on any atom is -0.452 e. The van der Waals surface area contributed by atoms with E-state index in [1.165, 1.54) is 17.4 Å². The van der Waals surface area contributed by atoms with E-state index < -0.39 is 10.0 Å². The molecule has 2 heterocycles. The monoisotopic (exact) mass is 376 g/mol. The lowest BCUT2D eigenvalue weighted by molar-refractivity contribution is 0.444. The number of rotatable bonds is 6. The van der Waals surface area contributed by atoms with Gasteiger partial charge < -0.3 is 14.3 Å². The van der Waals surface area contributed by atoms with Gasteiger partial charge in [0.15, 0.2) is 4.67 Å². The molecule has 0 fully saturated rings. The van der Waals surface area contributed by atoms with E-state index >= 15 is 0 Å². The number of nitrogens with zero attached hydrogens (tertiary/aromatic N) is 3. The first-order valence-corrected chi connectivity index (χ1v) is 8.45. The molecule has 0 atom stereocenters. The SMILES string of the molecule is CNCc1cc(S(=O)(=O)N(C)Cc2nccn2C)c(Br)o1. The molecular weight excluding hydrogens is 360 g/mol. The fourth-order valence-corrected chi connectivity index (χ4v) is 3.92. The summed E-state index contributed by atoms with van der Waals surface area (Å²) in [6, 6.07) is 1.52. The van der Waals surface area contributed by atoms with Crippen molar-refractivity contribution in [3.63, 3.8) is 0 Å². The van der Waals surface area contributed by atoms with Crippen LogP contribution in [0, 0.1) is 0 Å². The van der Waals surface area contributed by atoms with Gasteiger partial charge in [-0.2, -0.15) is 4.31 Å². The summed E-state index contributed by atoms with van der Waals surface area (Å²) >= 11 is 3.16. The molecule has 2 aromatic rings. The van der Waals surface area contributed by atoms with Crippen LogP contribution in [-0.2, 0) is 30.2 Å². The number of aryl methyl sites for hydroxylation is 1. The molecule has 0 aliphatic rings. The molecule has 0 unspecified atom stereocenters. The van der Waals surface area contributed by atoms with Crippen LogP contribution in [0.5, 0.6) is 0 Å². The molecule has 116 valence electrons. The number of hydrogen-bond acceptors (Lipinski definition) is 5. The number of aromatic nitrogens is 2. The summed E-state index contributed by atoms with van der Waals surface area (Å²) in [6.07, 6.45) is 3.41. The van der Waals surface area contributed by atoms with Crippen molar-refractivity contribution >= 4 is 26.0 Å². The van der Waals surface area contributed by atoms with Crippen molar-refractivity contribution in [2.24, 2.45) is 7.05 Å². The second kappa shape index (κ2) is 6.30. The summed E-state index contributed by atoms with van der Waals surface area (Å²) in [5.74, 6) is 1.21. The predicted octanol–water partition coefficient (Wildman–Crippen LogP) is 1.32. The van der Waals surface area contributed by atoms with E-state index in [1.807, 2.05) is 7.05 Å². The maximum atomic E-state index is 12.6. The lowest BCUT2D eigenvalue weighted by Crippen LogP contribution is -2.27. The van der Waals surface area contributed by atoms with Gasteiger partial charge in [0.05, 0.1) is 13.1 Å². The Balaban J connectivity index is 2.26. The highest BCUT2D eigenvalue weighted by atomic mass is 79.9. The Kier molecular flexibility index (Phi) is 4.87. The Labute approximate surface area is 132 Å². The Morgan fingerprint density at radius 3 is 2.81 bits per heavy atom. The second-order valence-electron chi connectivity index (χ2n) is 4.60. The number of sulfonamides is 1. The summed E-state index contributed by atoms with van der Waals surface area (Å²) in [5.41, 5.74) is 0. The minimum atomic E-state index is -3.65. The molecule has 0 bridgehead atoms. The zero-order valence-electron chi connectivity index (χ0n) is 12.0. The third-order valence-corrected chi connectivity index (χ3v) is 5.69. The minimum absolute atomic E-state index is 0.115. The van der Waals surface area contributed by atoms with Crippen LogP contribution < -0.4 is 5.32 Å². The van der Waals surface area contributed by atoms with Crippen molar-refractivity contribution in [2.75, 3.05) is 14.1 Å². The van der Waals surface area contributed by atoms with Gasteiger partial charge in [-0.05, 0) is 23.0 Å². The first-order valence-electron chi connectivity index (χ1n) is 6.21. The van der Waals surface area contributed by atoms with Gasteiger partial charge in [-0.15, -0.1) is 0 Å². The van der Waals surface area contributed by atoms with Crippen molar-refractivity contribution in [3.8, 4) is 0 Å². The normalized spacial score (nSPS) is 12.2. The van der Waals surface area contributed by atoms with E-state index in [9.17, 15) is 8.42 Å². The van der Waals surface area contributed by atoms with Crippen molar-refractivity contribution in [3.05, 3.63) is 34.7 Å². The van der Waals surface area contributed by atoms with E-state index in [0.717, 1.165) is 0 Å². The van der Waals surface area contributed by atoms with Gasteiger partial charge in [0.2, 0.25) is 10.0 Å². The van der Waals surface area contributed by atoms with Gasteiger partial charge in [-0.3, -0.25) is 0 Å². The highest BCUT2D eigenvalue weighted by molar-refractivity contribution is 9.10. The van der Waals surface area contributed by atoms with Crippen LogP contribution in [0.2, 0.25) is 0 Å². The molecule has 0 saturated heterocycles. The zero-order chi connectivity index (χ0) is 15.6. The quantitative estimate of drug-likeness (QED) is 0.821. The average molecular weight is 377 g/mol. The maximum absolute atomic E-state index is 12.6. The predicted molar refractivity (Wildman–Crippen MR) is 81.0 cm³/mol. The zero-order valence-corrected chi connectivity index (χ0v) is 14.4. The van der Waals surface area contributed by atoms with E-state index in [2.05, 4.69) is 26.2 Å². The molecule has 2 aromatic heterocycles. The van der Waals surface area contributed by atoms with Gasteiger partial charge in [0, 0.05) is 32.6 Å². The molecule has 2 rings (SSSR count). The number of imidazole rings is 1. The number of halogens is 1. The molecule has 1 N–H and O–H groups in total. The van der Waals surface area contributed by atoms with Crippen LogP contribution in [0.3, 0.4) is 0 Å². The molecule has 7 nitrogen and oxygen atoms in total. The third-order valence-electron chi connectivity index (χ3n) is 3.03. The summed E-state index contributed by atoms with van der Waals surface area (Å²) in [6.45, 7) is 0.641. The summed E-state index contributed by atoms with van der Waals surface area (Å²) < 4.78 is 33.8. The fourth-order valence-electron chi connectivity index (χ4n) is 1.84. The number of nitrogens with one attached hydrogen (secondary N) is 1. The Bertz CT molecular complexity index is 723. The molecule has 0 aromatic carbocycles. The molecule has 0 aliphatic carbocycles. The van der Waals surface area contributed by atoms with E-state index in [0.29, 0.717) is 18.1 Å². The van der Waals surface area contributed by atoms with Crippen LogP contribution in [-0.4, -0.2) is 36.4 Å². The Morgan fingerprint density at radius 1 is 1.52 bits per heavy atom. The van der Waals surface area contributed by atoms with Gasteiger partial charge in [0.25, 0.3) is 0 Å². The van der Waals surface area contributed by atoms with Gasteiger partial charge >= 0.3 is 0 Å². The molecule has 21 heavy (non-hydrogen) atoms. The van der Waals surface area contributed by atoms with Crippen LogP contribution in [0.4, 0.5) is 0 Å². The van der Waals surface area contributed by atoms with Gasteiger partial charge in [-0.1, -0.05) is 0 Å². The smallest absolute Gasteiger partial charge is 0.247 e. The first-order chi connectivity index (χ1) is 9.86. The molecule has 0 radical (unpaired) electrons. The Hall–Kier alpha value is -1.16. The van der Waals surface area contributed by atoms with Crippen LogP contribution >= 0.6 is 15.9 Å². The first kappa shape index (κ1) is 16.2. The molecule has 0 spiro atoms. The highest BCUT2D eigenvalue weighted by Gasteiger charge is 2.27. The largest absolute Gasteiger partial charge is 0.452 e. The number of hydrogen-bond donors (Lipinski definition) is 1. The summed E-state index contributed by atoms with van der Waals surface area (Å²) in [5, 5.41) is 2.91. The molecule has 0 saturated carbocycles. The van der Waals surface area contributed by atoms with Crippen molar-refractivity contribution in [2.45, 2.75) is 18.0 Å². The van der Waals surface area contributed by atoms with Crippen molar-refractivity contribution in [1.82, 2.24) is 19.2 Å². The molecule has 0 amide bonds. The van der Waals surface area contributed by atoms with Crippen LogP contribution in [0.15, 0.2) is 32.4 Å². The lowest BCUT2D eigenvalue weighted by atomic mass is 10.4. The lowest BCUT2D eigenvalue weighted by Gasteiger charge is -2.15. The standard InChI is InChI=1S/C12H17BrN4O3S/c1-14-7-9-6-10(12(13)20-9)21(18,19)17(3)8-11-15-4-5-16(11)2/h4-6,14H,7-8H2,1-3H3. The Morgan fingerprint density at radius 2 is 2.24 bits per heavy atom. The maximum Gasteiger partial charge on any atom is 0.247 e. The van der Waals surface area contributed by atoms with E-state index in [-0.39, 0.29) is 16.1 Å². The topological polar surface area (TPSA) is 80.4 Å². The third kappa shape index (κ3) is 3.37. The average Bonchev–Trinajstić information content (AvgIpc) is 2.97. The fraction of sp³-hybridized carbons (Fsp3) is 0.417. The molecule has 9 heteroatoms. The number of furan rings is 1. The van der Waals surface area contributed by atoms with Gasteiger partial charge in [0.1, 0.15) is 16.5 Å². The van der Waals surface area contributed by atoms with Crippen molar-refractivity contribution in [1.29, 1.82) is 0 Å². The van der Waals surface area contributed by atoms with E-state index in [4.69, 9.17) is 4.42 Å². The van der Waals surface area contributed by atoms with Gasteiger partial charge in [-0.25, -0.2) is 13.4 Å². The highest BCUT2D eigenvalue weighted by Crippen LogP contribution is 2.28.